The first kappa shape index (κ1) is 66.2. The number of amides is 11. The molecule has 0 aromatic heterocycles. The highest BCUT2D eigenvalue weighted by molar-refractivity contribution is 7.98. The van der Waals surface area contributed by atoms with Crippen LogP contribution in [0.1, 0.15) is 98.0 Å². The molecular formula is C49H83N15O12S. The van der Waals surface area contributed by atoms with Crippen LogP contribution >= 0.6 is 11.8 Å². The van der Waals surface area contributed by atoms with Gasteiger partial charge in [-0.25, -0.2) is 4.79 Å². The van der Waals surface area contributed by atoms with Crippen LogP contribution in [0.2, 0.25) is 0 Å². The fourth-order valence-corrected chi connectivity index (χ4v) is 8.33. The molecule has 10 atom stereocenters. The molecule has 1 aliphatic rings. The molecule has 20 N–H and O–H groups in total. The van der Waals surface area contributed by atoms with E-state index in [9.17, 15) is 58.2 Å². The Hall–Kier alpha value is -6.94. The van der Waals surface area contributed by atoms with Gasteiger partial charge in [0, 0.05) is 19.5 Å². The van der Waals surface area contributed by atoms with Crippen LogP contribution in [0, 0.1) is 11.8 Å². The Morgan fingerprint density at radius 2 is 1.09 bits per heavy atom. The summed E-state index contributed by atoms with van der Waals surface area (Å²) >= 11 is 1.37. The number of carbonyl (C=O) groups is 10. The second-order valence-electron chi connectivity index (χ2n) is 19.2. The number of nitrogens with two attached hydrogens (primary N) is 4. The molecule has 1 aromatic rings. The van der Waals surface area contributed by atoms with E-state index in [1.54, 1.807) is 34.0 Å². The third-order valence-electron chi connectivity index (χ3n) is 12.6. The third-order valence-corrected chi connectivity index (χ3v) is 13.3. The Kier molecular flexibility index (Phi) is 29.8. The van der Waals surface area contributed by atoms with Crippen LogP contribution in [0.3, 0.4) is 0 Å². The topological polar surface area (TPSA) is 448 Å². The lowest BCUT2D eigenvalue weighted by atomic mass is 9.97. The summed E-state index contributed by atoms with van der Waals surface area (Å²) in [6.45, 7) is 7.26. The molecular weight excluding hydrogens is 1020 g/mol. The zero-order valence-corrected chi connectivity index (χ0v) is 45.7. The summed E-state index contributed by atoms with van der Waals surface area (Å²) < 4.78 is 0. The van der Waals surface area contributed by atoms with Crippen molar-refractivity contribution in [3.8, 4) is 5.75 Å². The fraction of sp³-hybridized carbons (Fsp3) is 0.653. The summed E-state index contributed by atoms with van der Waals surface area (Å²) in [6.07, 6.45) is 2.79. The van der Waals surface area contributed by atoms with E-state index >= 15 is 0 Å². The van der Waals surface area contributed by atoms with Gasteiger partial charge in [0.1, 0.15) is 60.1 Å². The van der Waals surface area contributed by atoms with Gasteiger partial charge < -0.3 is 86.3 Å². The average molecular weight is 1110 g/mol. The van der Waals surface area contributed by atoms with Crippen molar-refractivity contribution < 1.29 is 58.2 Å². The van der Waals surface area contributed by atoms with Gasteiger partial charge in [-0.15, -0.1) is 0 Å². The predicted molar refractivity (Wildman–Crippen MR) is 289 cm³/mol. The number of nitrogens with one attached hydrogen (secondary N) is 10. The molecule has 1 aromatic carbocycles. The van der Waals surface area contributed by atoms with Gasteiger partial charge in [0.05, 0.1) is 6.61 Å². The number of nitrogens with zero attached hydrogens (tertiary/aromatic N) is 1. The number of hydrogen-bond acceptors (Lipinski definition) is 15. The van der Waals surface area contributed by atoms with E-state index in [2.05, 4.69) is 58.2 Å². The lowest BCUT2D eigenvalue weighted by Gasteiger charge is -2.29. The molecule has 1 heterocycles. The number of primary amides is 1. The predicted octanol–water partition coefficient (Wildman–Crippen LogP) is -3.59. The maximum Gasteiger partial charge on any atom is 0.312 e. The van der Waals surface area contributed by atoms with E-state index < -0.39 is 132 Å². The number of urea groups is 1. The Labute approximate surface area is 453 Å². The Morgan fingerprint density at radius 3 is 1.61 bits per heavy atom. The number of carbonyl (C=O) groups excluding carboxylic acids is 10. The second kappa shape index (κ2) is 34.7. The van der Waals surface area contributed by atoms with E-state index in [1.807, 2.05) is 0 Å². The second-order valence-corrected chi connectivity index (χ2v) is 20.2. The van der Waals surface area contributed by atoms with Crippen molar-refractivity contribution >= 4 is 76.9 Å². The van der Waals surface area contributed by atoms with Crippen LogP contribution in [0.15, 0.2) is 29.3 Å². The maximum absolute atomic E-state index is 14.4. The molecule has 11 amide bonds. The van der Waals surface area contributed by atoms with E-state index in [-0.39, 0.29) is 76.3 Å². The molecule has 0 radical (unpaired) electrons. The summed E-state index contributed by atoms with van der Waals surface area (Å²) in [7, 11) is 0. The first-order chi connectivity index (χ1) is 36.5. The van der Waals surface area contributed by atoms with Gasteiger partial charge in [-0.3, -0.25) is 48.1 Å². The third kappa shape index (κ3) is 23.9. The van der Waals surface area contributed by atoms with Crippen LogP contribution in [-0.2, 0) is 49.6 Å². The molecule has 0 spiro atoms. The van der Waals surface area contributed by atoms with Gasteiger partial charge in [0.2, 0.25) is 53.2 Å². The Bertz CT molecular complexity index is 2170. The molecule has 432 valence electrons. The summed E-state index contributed by atoms with van der Waals surface area (Å²) in [4.78, 5) is 143. The quantitative estimate of drug-likeness (QED) is 0.0321. The zero-order valence-electron chi connectivity index (χ0n) is 44.9. The summed E-state index contributed by atoms with van der Waals surface area (Å²) in [5.74, 6) is -8.94. The lowest BCUT2D eigenvalue weighted by molar-refractivity contribution is -0.137. The SMILES string of the molecule is CC[C@H](C)[C@@H]1NC(=O)[C@H](CO)NC(=O)[C@H](Cc2ccc(O)cc2)NC(=O)[C@H](CCCCN)NC(=O)[C@H](CCSC)NC(=O)[C@H](CCCN=C(N)N)NC(=O)[C@H](C(C)C)NC(=O)[C@H](C)NC(=O)[C@H](CCCNC(N)=O)NC1=O. The number of rotatable bonds is 21. The van der Waals surface area contributed by atoms with Crippen molar-refractivity contribution in [2.24, 2.45) is 39.8 Å². The number of aliphatic hydroxyl groups is 1. The lowest BCUT2D eigenvalue weighted by Crippen LogP contribution is -2.61. The van der Waals surface area contributed by atoms with Gasteiger partial charge in [-0.1, -0.05) is 46.2 Å². The fourth-order valence-electron chi connectivity index (χ4n) is 7.86. The van der Waals surface area contributed by atoms with Crippen molar-refractivity contribution in [3.05, 3.63) is 29.8 Å². The molecule has 0 unspecified atom stereocenters. The van der Waals surface area contributed by atoms with Crippen molar-refractivity contribution in [2.45, 2.75) is 153 Å². The number of phenolic OH excluding ortho intramolecular Hbond substituents is 1. The normalized spacial score (nSPS) is 24.5. The van der Waals surface area contributed by atoms with Crippen molar-refractivity contribution in [2.75, 3.05) is 38.2 Å². The molecule has 0 aliphatic carbocycles. The standard InChI is InChI=1S/C49H83N15O12S/c1-7-27(4)38-47(75)60-32(14-11-22-55-49(53)76)40(68)56-28(5)39(67)63-37(26(2)3)46(74)59-33(13-10-21-54-48(51)52)41(69)58-34(19-23-77-6)43(71)57-31(12-8-9-20-50)42(70)61-35(24-29-15-17-30(66)18-16-29)44(72)62-36(25-65)45(73)64-38/h15-18,26-28,31-38,65-66H,7-14,19-25,50H2,1-6H3,(H,56,68)(H,57,71)(H,58,69)(H,59,74)(H,60,75)(H,61,70)(H,62,72)(H,63,67)(H,64,73)(H4,51,52,54)(H3,53,55,76)/t27-,28-,31-,32-,33-,34-,35-,36-,37-,38-/m0/s1. The van der Waals surface area contributed by atoms with Crippen molar-refractivity contribution in [1.29, 1.82) is 0 Å². The number of guanidine groups is 1. The van der Waals surface area contributed by atoms with Gasteiger partial charge >= 0.3 is 6.03 Å². The highest BCUT2D eigenvalue weighted by Gasteiger charge is 2.37. The van der Waals surface area contributed by atoms with Gasteiger partial charge in [-0.05, 0) is 106 Å². The van der Waals surface area contributed by atoms with E-state index in [0.29, 0.717) is 30.6 Å². The highest BCUT2D eigenvalue weighted by Crippen LogP contribution is 2.15. The maximum atomic E-state index is 14.4. The molecule has 2 rings (SSSR count). The Morgan fingerprint density at radius 1 is 0.623 bits per heavy atom. The first-order valence-corrected chi connectivity index (χ1v) is 27.3. The van der Waals surface area contributed by atoms with Gasteiger partial charge in [-0.2, -0.15) is 11.8 Å². The minimum absolute atomic E-state index is 0.0126. The zero-order chi connectivity index (χ0) is 57.8. The minimum Gasteiger partial charge on any atom is -0.508 e. The monoisotopic (exact) mass is 1110 g/mol. The molecule has 27 nitrogen and oxygen atoms in total. The number of unbranched alkanes of at least 4 members (excludes halogenated alkanes) is 1. The summed E-state index contributed by atoms with van der Waals surface area (Å²) in [5.41, 5.74) is 22.5. The molecule has 0 saturated carbocycles. The van der Waals surface area contributed by atoms with Crippen LogP contribution in [-0.4, -0.2) is 168 Å². The van der Waals surface area contributed by atoms with Crippen LogP contribution in [0.25, 0.3) is 0 Å². The molecule has 1 saturated heterocycles. The first-order valence-electron chi connectivity index (χ1n) is 25.9. The number of aromatic hydroxyl groups is 1. The van der Waals surface area contributed by atoms with Gasteiger partial charge in [0.15, 0.2) is 5.96 Å². The number of phenols is 1. The smallest absolute Gasteiger partial charge is 0.312 e. The van der Waals surface area contributed by atoms with Crippen LogP contribution < -0.4 is 76.1 Å². The number of hydrogen-bond donors (Lipinski definition) is 16. The number of aliphatic imine (C=N–C) groups is 1. The molecule has 1 aliphatic heterocycles. The minimum atomic E-state index is -1.71. The van der Waals surface area contributed by atoms with Crippen LogP contribution in [0.4, 0.5) is 4.79 Å². The summed E-state index contributed by atoms with van der Waals surface area (Å²) in [5, 5.41) is 46.5. The van der Waals surface area contributed by atoms with E-state index in [1.165, 1.54) is 43.0 Å². The average Bonchev–Trinajstić information content (AvgIpc) is 3.38. The van der Waals surface area contributed by atoms with E-state index in [4.69, 9.17) is 22.9 Å². The van der Waals surface area contributed by atoms with Crippen molar-refractivity contribution in [1.82, 2.24) is 53.2 Å². The Balaban J connectivity index is 2.84. The summed E-state index contributed by atoms with van der Waals surface area (Å²) in [6, 6.07) is -7.70. The largest absolute Gasteiger partial charge is 0.508 e. The number of aliphatic hydroxyl groups excluding tert-OH is 1. The van der Waals surface area contributed by atoms with Crippen molar-refractivity contribution in [3.63, 3.8) is 0 Å². The molecule has 28 heteroatoms. The highest BCUT2D eigenvalue weighted by atomic mass is 32.2. The van der Waals surface area contributed by atoms with Crippen LogP contribution in [0.5, 0.6) is 5.75 Å². The van der Waals surface area contributed by atoms with Gasteiger partial charge in [0.25, 0.3) is 0 Å². The number of thioether (sulfide) groups is 1. The molecule has 77 heavy (non-hydrogen) atoms. The molecule has 1 fully saturated rings. The van der Waals surface area contributed by atoms with E-state index in [0.717, 1.165) is 0 Å². The number of benzene rings is 1. The molecule has 0 bridgehead atoms.